The average molecular weight is 360 g/mol. The van der Waals surface area contributed by atoms with Gasteiger partial charge in [-0.3, -0.25) is 4.79 Å². The van der Waals surface area contributed by atoms with Gasteiger partial charge in [-0.2, -0.15) is 5.26 Å². The van der Waals surface area contributed by atoms with E-state index in [0.29, 0.717) is 24.0 Å². The number of H-pyrrole nitrogens is 1. The summed E-state index contributed by atoms with van der Waals surface area (Å²) in [6.07, 6.45) is 4.13. The largest absolute Gasteiger partial charge is 0.383 e. The molecule has 0 aliphatic heterocycles. The van der Waals surface area contributed by atoms with Crippen LogP contribution in [0.1, 0.15) is 31.9 Å². The molecule has 2 atom stereocenters. The maximum atomic E-state index is 12.2. The Kier molecular flexibility index (Phi) is 4.04. The first-order valence-corrected chi connectivity index (χ1v) is 8.92. The summed E-state index contributed by atoms with van der Waals surface area (Å²) in [5.74, 6) is 0.594. The van der Waals surface area contributed by atoms with E-state index < -0.39 is 0 Å². The highest BCUT2D eigenvalue weighted by molar-refractivity contribution is 5.98. The van der Waals surface area contributed by atoms with Crippen LogP contribution in [0.3, 0.4) is 0 Å². The van der Waals surface area contributed by atoms with Gasteiger partial charge in [-0.05, 0) is 35.9 Å². The molecule has 0 aromatic carbocycles. The average Bonchev–Trinajstić information content (AvgIpc) is 3.27. The van der Waals surface area contributed by atoms with Crippen molar-refractivity contribution in [1.82, 2.24) is 15.0 Å². The van der Waals surface area contributed by atoms with Crippen molar-refractivity contribution in [2.75, 3.05) is 11.1 Å². The number of pyridine rings is 2. The zero-order valence-corrected chi connectivity index (χ0v) is 15.2. The third-order valence-corrected chi connectivity index (χ3v) is 4.92. The lowest BCUT2D eigenvalue weighted by atomic mass is 10.0. The summed E-state index contributed by atoms with van der Waals surface area (Å²) >= 11 is 0. The number of amides is 1. The van der Waals surface area contributed by atoms with E-state index in [9.17, 15) is 4.79 Å². The Balaban J connectivity index is 1.69. The fraction of sp³-hybridized carbons (Fsp3) is 0.300. The molecule has 1 amide bonds. The highest BCUT2D eigenvalue weighted by atomic mass is 16.2. The Morgan fingerprint density at radius 3 is 2.96 bits per heavy atom. The minimum atomic E-state index is -0.237. The number of nitrogens with two attached hydrogens (primary N) is 1. The molecule has 0 saturated heterocycles. The second-order valence-corrected chi connectivity index (χ2v) is 7.21. The van der Waals surface area contributed by atoms with E-state index in [4.69, 9.17) is 11.0 Å². The highest BCUT2D eigenvalue weighted by Crippen LogP contribution is 2.38. The molecule has 3 heterocycles. The second kappa shape index (κ2) is 6.40. The maximum Gasteiger partial charge on any atom is 0.230 e. The van der Waals surface area contributed by atoms with Gasteiger partial charge in [0.05, 0.1) is 23.6 Å². The molecule has 4 rings (SSSR count). The minimum Gasteiger partial charge on any atom is -0.383 e. The SMILES string of the molecule is CC(C)c1[nH]ccc1-c1cc2cc(NC(=O)[C@H]3C[C@@H]3C#N)ncc2c(N)n1. The summed E-state index contributed by atoms with van der Waals surface area (Å²) in [4.78, 5) is 24.2. The van der Waals surface area contributed by atoms with E-state index in [2.05, 4.69) is 40.2 Å². The third kappa shape index (κ3) is 3.10. The summed E-state index contributed by atoms with van der Waals surface area (Å²) in [6.45, 7) is 4.23. The van der Waals surface area contributed by atoms with E-state index in [1.54, 1.807) is 12.3 Å². The number of carbonyl (C=O) groups is 1. The van der Waals surface area contributed by atoms with Crippen molar-refractivity contribution >= 4 is 28.3 Å². The van der Waals surface area contributed by atoms with Gasteiger partial charge in [0.2, 0.25) is 5.91 Å². The van der Waals surface area contributed by atoms with Crippen LogP contribution in [0.5, 0.6) is 0 Å². The number of nitrogens with one attached hydrogen (secondary N) is 2. The van der Waals surface area contributed by atoms with Crippen LogP contribution in [0.25, 0.3) is 22.0 Å². The molecule has 4 N–H and O–H groups in total. The first-order valence-electron chi connectivity index (χ1n) is 8.92. The van der Waals surface area contributed by atoms with Crippen molar-refractivity contribution in [3.05, 3.63) is 36.3 Å². The molecule has 1 aliphatic rings. The lowest BCUT2D eigenvalue weighted by Crippen LogP contribution is -2.15. The van der Waals surface area contributed by atoms with Crippen LogP contribution in [0.15, 0.2) is 30.6 Å². The van der Waals surface area contributed by atoms with Gasteiger partial charge < -0.3 is 16.0 Å². The number of hydrogen-bond acceptors (Lipinski definition) is 5. The predicted molar refractivity (Wildman–Crippen MR) is 104 cm³/mol. The number of nitrogens with zero attached hydrogens (tertiary/aromatic N) is 3. The Hall–Kier alpha value is -3.40. The summed E-state index contributed by atoms with van der Waals surface area (Å²) < 4.78 is 0. The predicted octanol–water partition coefficient (Wildman–Crippen LogP) is 3.43. The molecule has 7 nitrogen and oxygen atoms in total. The topological polar surface area (TPSA) is 120 Å². The van der Waals surface area contributed by atoms with Crippen LogP contribution in [0, 0.1) is 23.2 Å². The van der Waals surface area contributed by atoms with Crippen LogP contribution in [0.4, 0.5) is 11.6 Å². The van der Waals surface area contributed by atoms with Crippen molar-refractivity contribution in [2.45, 2.75) is 26.2 Å². The summed E-state index contributed by atoms with van der Waals surface area (Å²) in [6, 6.07) is 7.85. The number of carbonyl (C=O) groups excluding carboxylic acids is 1. The molecule has 1 fully saturated rings. The number of anilines is 2. The zero-order chi connectivity index (χ0) is 19.1. The minimum absolute atomic E-state index is 0.164. The molecule has 0 unspecified atom stereocenters. The normalized spacial score (nSPS) is 18.4. The molecule has 0 spiro atoms. The number of aromatic nitrogens is 3. The van der Waals surface area contributed by atoms with Gasteiger partial charge >= 0.3 is 0 Å². The Labute approximate surface area is 156 Å². The van der Waals surface area contributed by atoms with Crippen LogP contribution in [0.2, 0.25) is 0 Å². The van der Waals surface area contributed by atoms with Crippen LogP contribution >= 0.6 is 0 Å². The summed E-state index contributed by atoms with van der Waals surface area (Å²) in [5, 5.41) is 13.3. The third-order valence-electron chi connectivity index (χ3n) is 4.92. The molecule has 27 heavy (non-hydrogen) atoms. The standard InChI is InChI=1S/C20H20N6O/c1-10(2)18-13(3-4-23-18)16-6-11-7-17(24-9-15(11)19(22)25-16)26-20(27)14-5-12(14)8-21/h3-4,6-7,9-10,12,14,23H,5H2,1-2H3,(H2,22,25)(H,24,26,27)/t12-,14+/m1/s1. The molecule has 3 aromatic heterocycles. The van der Waals surface area contributed by atoms with E-state index in [0.717, 1.165) is 27.7 Å². The van der Waals surface area contributed by atoms with Gasteiger partial charge in [0.1, 0.15) is 11.6 Å². The lowest BCUT2D eigenvalue weighted by molar-refractivity contribution is -0.117. The molecule has 1 saturated carbocycles. The van der Waals surface area contributed by atoms with Crippen LogP contribution in [-0.4, -0.2) is 20.9 Å². The number of hydrogen-bond donors (Lipinski definition) is 3. The molecular weight excluding hydrogens is 340 g/mol. The lowest BCUT2D eigenvalue weighted by Gasteiger charge is -2.10. The van der Waals surface area contributed by atoms with E-state index in [1.807, 2.05) is 18.3 Å². The highest BCUT2D eigenvalue weighted by Gasteiger charge is 2.43. The fourth-order valence-corrected chi connectivity index (χ4v) is 3.31. The molecular formula is C20H20N6O. The van der Waals surface area contributed by atoms with Gasteiger partial charge in [0.15, 0.2) is 0 Å². The summed E-state index contributed by atoms with van der Waals surface area (Å²) in [7, 11) is 0. The zero-order valence-electron chi connectivity index (χ0n) is 15.2. The van der Waals surface area contributed by atoms with Crippen molar-refractivity contribution in [3.63, 3.8) is 0 Å². The van der Waals surface area contributed by atoms with Gasteiger partial charge in [0.25, 0.3) is 0 Å². The van der Waals surface area contributed by atoms with E-state index >= 15 is 0 Å². The molecule has 7 heteroatoms. The molecule has 0 bridgehead atoms. The van der Waals surface area contributed by atoms with Gasteiger partial charge in [-0.1, -0.05) is 13.8 Å². The number of aromatic amines is 1. The van der Waals surface area contributed by atoms with Crippen molar-refractivity contribution in [3.8, 4) is 17.3 Å². The second-order valence-electron chi connectivity index (χ2n) is 7.21. The Bertz CT molecular complexity index is 1080. The number of fused-ring (bicyclic) bond motifs is 1. The van der Waals surface area contributed by atoms with Crippen LogP contribution in [-0.2, 0) is 4.79 Å². The molecule has 1 aliphatic carbocycles. The van der Waals surface area contributed by atoms with E-state index in [-0.39, 0.29) is 17.7 Å². The first-order chi connectivity index (χ1) is 13.0. The Morgan fingerprint density at radius 1 is 1.44 bits per heavy atom. The van der Waals surface area contributed by atoms with Gasteiger partial charge in [-0.15, -0.1) is 0 Å². The Morgan fingerprint density at radius 2 is 2.26 bits per heavy atom. The van der Waals surface area contributed by atoms with Crippen molar-refractivity contribution in [1.29, 1.82) is 5.26 Å². The van der Waals surface area contributed by atoms with Gasteiger partial charge in [-0.25, -0.2) is 9.97 Å². The number of nitrogen functional groups attached to an aromatic ring is 1. The molecule has 0 radical (unpaired) electrons. The fourth-order valence-electron chi connectivity index (χ4n) is 3.31. The first kappa shape index (κ1) is 17.0. The molecule has 3 aromatic rings. The quantitative estimate of drug-likeness (QED) is 0.658. The van der Waals surface area contributed by atoms with Gasteiger partial charge in [0, 0.05) is 29.0 Å². The number of rotatable bonds is 4. The molecule has 136 valence electrons. The van der Waals surface area contributed by atoms with Crippen molar-refractivity contribution in [2.24, 2.45) is 11.8 Å². The van der Waals surface area contributed by atoms with E-state index in [1.165, 1.54) is 0 Å². The number of nitriles is 1. The summed E-state index contributed by atoms with van der Waals surface area (Å²) in [5.41, 5.74) is 9.04. The smallest absolute Gasteiger partial charge is 0.230 e. The maximum absolute atomic E-state index is 12.2. The monoisotopic (exact) mass is 360 g/mol. The van der Waals surface area contributed by atoms with Crippen LogP contribution < -0.4 is 11.1 Å². The van der Waals surface area contributed by atoms with Crippen molar-refractivity contribution < 1.29 is 4.79 Å².